The van der Waals surface area contributed by atoms with Gasteiger partial charge in [-0.3, -0.25) is 14.6 Å². The summed E-state index contributed by atoms with van der Waals surface area (Å²) >= 11 is 0. The number of rotatable bonds is 5. The van der Waals surface area contributed by atoms with Crippen molar-refractivity contribution >= 4 is 40.1 Å². The first-order valence-electron chi connectivity index (χ1n) is 11.9. The van der Waals surface area contributed by atoms with Crippen LogP contribution in [0.1, 0.15) is 17.3 Å². The molecule has 198 valence electrons. The SMILES string of the molecule is C[C@@H]1CN(C(=O)C(=O)c2c[nH]c3c(N(N)/C=C\N)ncc(F)c23)CCN1C1=NN(C)NN1c1ccccc1. The Labute approximate surface area is 217 Å². The van der Waals surface area contributed by atoms with Crippen LogP contribution in [-0.2, 0) is 4.79 Å². The van der Waals surface area contributed by atoms with Gasteiger partial charge in [0.25, 0.3) is 11.7 Å². The molecule has 1 aromatic carbocycles. The van der Waals surface area contributed by atoms with Crippen LogP contribution in [0.2, 0.25) is 0 Å². The predicted molar refractivity (Wildman–Crippen MR) is 140 cm³/mol. The summed E-state index contributed by atoms with van der Waals surface area (Å²) in [6.45, 7) is 2.97. The molecule has 0 saturated carbocycles. The molecule has 2 aromatic heterocycles. The molecule has 0 bridgehead atoms. The van der Waals surface area contributed by atoms with Crippen molar-refractivity contribution in [3.05, 3.63) is 66.5 Å². The summed E-state index contributed by atoms with van der Waals surface area (Å²) < 4.78 is 14.8. The van der Waals surface area contributed by atoms with E-state index in [9.17, 15) is 14.0 Å². The summed E-state index contributed by atoms with van der Waals surface area (Å²) in [7, 11) is 1.80. The van der Waals surface area contributed by atoms with E-state index in [4.69, 9.17) is 11.6 Å². The van der Waals surface area contributed by atoms with Crippen molar-refractivity contribution in [3.8, 4) is 0 Å². The smallest absolute Gasteiger partial charge is 0.295 e. The Morgan fingerprint density at radius 2 is 2.00 bits per heavy atom. The van der Waals surface area contributed by atoms with Gasteiger partial charge in [-0.05, 0) is 19.1 Å². The number of carbonyl (C=O) groups is 2. The molecular weight excluding hydrogens is 493 g/mol. The van der Waals surface area contributed by atoms with Gasteiger partial charge in [-0.15, -0.1) is 10.6 Å². The molecule has 4 heterocycles. The van der Waals surface area contributed by atoms with Gasteiger partial charge in [-0.1, -0.05) is 18.2 Å². The van der Waals surface area contributed by atoms with Gasteiger partial charge >= 0.3 is 0 Å². The molecule has 2 aliphatic heterocycles. The normalized spacial score (nSPS) is 18.0. The number of para-hydroxylation sites is 1. The van der Waals surface area contributed by atoms with Gasteiger partial charge in [-0.25, -0.2) is 25.3 Å². The fraction of sp³-hybridized carbons (Fsp3) is 0.250. The number of piperazine rings is 1. The van der Waals surface area contributed by atoms with Crippen molar-refractivity contribution in [1.82, 2.24) is 30.4 Å². The van der Waals surface area contributed by atoms with Crippen LogP contribution in [0, 0.1) is 5.82 Å². The lowest BCUT2D eigenvalue weighted by atomic mass is 10.1. The predicted octanol–water partition coefficient (Wildman–Crippen LogP) is 0.670. The number of amides is 1. The minimum Gasteiger partial charge on any atom is -0.403 e. The van der Waals surface area contributed by atoms with Crippen LogP contribution in [0.25, 0.3) is 10.9 Å². The number of nitrogens with one attached hydrogen (secondary N) is 2. The average Bonchev–Trinajstić information content (AvgIpc) is 3.53. The maximum absolute atomic E-state index is 14.8. The molecule has 3 aromatic rings. The molecule has 14 heteroatoms. The Morgan fingerprint density at radius 1 is 1.24 bits per heavy atom. The fourth-order valence-electron chi connectivity index (χ4n) is 4.66. The number of aromatic nitrogens is 2. The summed E-state index contributed by atoms with van der Waals surface area (Å²) in [5, 5.41) is 9.08. The number of benzene rings is 1. The number of ketones is 1. The first kappa shape index (κ1) is 25.0. The van der Waals surface area contributed by atoms with Crippen LogP contribution in [0.4, 0.5) is 15.9 Å². The van der Waals surface area contributed by atoms with E-state index in [-0.39, 0.29) is 41.4 Å². The molecule has 1 atom stereocenters. The van der Waals surface area contributed by atoms with Gasteiger partial charge in [0.05, 0.1) is 28.4 Å². The van der Waals surface area contributed by atoms with Crippen LogP contribution in [-0.4, -0.2) is 75.3 Å². The van der Waals surface area contributed by atoms with E-state index in [0.717, 1.165) is 16.9 Å². The number of anilines is 2. The summed E-state index contributed by atoms with van der Waals surface area (Å²) in [6, 6.07) is 9.58. The largest absolute Gasteiger partial charge is 0.403 e. The molecule has 6 N–H and O–H groups in total. The number of Topliss-reactive ketones (excluding diaryl/α,β-unsaturated/α-hetero) is 1. The number of H-pyrrole nitrogens is 1. The molecular formula is C24H28FN11O2. The average molecular weight is 522 g/mol. The van der Waals surface area contributed by atoms with Gasteiger partial charge < -0.3 is 20.5 Å². The van der Waals surface area contributed by atoms with E-state index in [1.54, 1.807) is 12.2 Å². The quantitative estimate of drug-likeness (QED) is 0.163. The molecule has 38 heavy (non-hydrogen) atoms. The number of pyridine rings is 1. The number of carbonyl (C=O) groups excluding carboxylic acids is 2. The highest BCUT2D eigenvalue weighted by Crippen LogP contribution is 2.29. The number of halogens is 1. The molecule has 0 unspecified atom stereocenters. The lowest BCUT2D eigenvalue weighted by Gasteiger charge is -2.41. The summed E-state index contributed by atoms with van der Waals surface area (Å²) in [6.07, 6.45) is 4.77. The fourth-order valence-corrected chi connectivity index (χ4v) is 4.66. The second-order valence-electron chi connectivity index (χ2n) is 8.95. The number of guanidine groups is 1. The van der Waals surface area contributed by atoms with Crippen LogP contribution < -0.4 is 27.1 Å². The first-order valence-corrected chi connectivity index (χ1v) is 11.9. The maximum atomic E-state index is 14.8. The topological polar surface area (TPSA) is 155 Å². The van der Waals surface area contributed by atoms with Gasteiger partial charge in [0.2, 0.25) is 5.96 Å². The van der Waals surface area contributed by atoms with E-state index in [1.165, 1.54) is 23.5 Å². The standard InChI is InChI=1S/C24H28FN11O2/c1-15-14-33(10-11-34(15)24-30-32(2)31-36(24)16-6-4-3-5-7-16)23(38)21(37)17-12-28-20-19(17)18(25)13-29-22(20)35(27)9-8-26/h3-9,12-13,15,28,31H,10-11,14,26-27H2,1-2H3/b9-8-/t15-/m1/s1. The molecule has 0 aliphatic carbocycles. The highest BCUT2D eigenvalue weighted by atomic mass is 19.1. The minimum absolute atomic E-state index is 0.0613. The van der Waals surface area contributed by atoms with Gasteiger partial charge in [-0.2, -0.15) is 0 Å². The minimum atomic E-state index is -0.823. The second kappa shape index (κ2) is 9.99. The molecule has 0 radical (unpaired) electrons. The summed E-state index contributed by atoms with van der Waals surface area (Å²) in [5.74, 6) is 4.44. The van der Waals surface area contributed by atoms with Crippen molar-refractivity contribution < 1.29 is 14.0 Å². The Bertz CT molecular complexity index is 1420. The molecule has 0 spiro atoms. The lowest BCUT2D eigenvalue weighted by molar-refractivity contribution is -0.128. The third-order valence-corrected chi connectivity index (χ3v) is 6.44. The van der Waals surface area contributed by atoms with Crippen molar-refractivity contribution in [1.29, 1.82) is 0 Å². The van der Waals surface area contributed by atoms with Crippen molar-refractivity contribution in [2.24, 2.45) is 16.7 Å². The van der Waals surface area contributed by atoms with Crippen molar-refractivity contribution in [2.75, 3.05) is 36.7 Å². The van der Waals surface area contributed by atoms with E-state index in [1.807, 2.05) is 42.3 Å². The van der Waals surface area contributed by atoms with E-state index in [0.29, 0.717) is 12.5 Å². The number of hydrogen-bond acceptors (Lipinski definition) is 11. The Balaban J connectivity index is 1.34. The maximum Gasteiger partial charge on any atom is 0.295 e. The third-order valence-electron chi connectivity index (χ3n) is 6.44. The Kier molecular flexibility index (Phi) is 6.57. The number of hydrogen-bond donors (Lipinski definition) is 4. The second-order valence-corrected chi connectivity index (χ2v) is 8.95. The van der Waals surface area contributed by atoms with Crippen LogP contribution >= 0.6 is 0 Å². The highest BCUT2D eigenvalue weighted by molar-refractivity contribution is 6.45. The van der Waals surface area contributed by atoms with Crippen molar-refractivity contribution in [3.63, 3.8) is 0 Å². The number of nitrogens with two attached hydrogens (primary N) is 2. The zero-order valence-electron chi connectivity index (χ0n) is 20.9. The number of hydrazone groups is 1. The molecule has 5 rings (SSSR count). The number of fused-ring (bicyclic) bond motifs is 1. The highest BCUT2D eigenvalue weighted by Gasteiger charge is 2.37. The van der Waals surface area contributed by atoms with Crippen LogP contribution in [0.5, 0.6) is 0 Å². The van der Waals surface area contributed by atoms with E-state index >= 15 is 0 Å². The van der Waals surface area contributed by atoms with Gasteiger partial charge in [0.1, 0.15) is 0 Å². The molecule has 1 amide bonds. The zero-order chi connectivity index (χ0) is 27.0. The van der Waals surface area contributed by atoms with Crippen LogP contribution in [0.3, 0.4) is 0 Å². The molecule has 13 nitrogen and oxygen atoms in total. The van der Waals surface area contributed by atoms with E-state index in [2.05, 4.69) is 25.5 Å². The van der Waals surface area contributed by atoms with Crippen LogP contribution in [0.15, 0.2) is 60.2 Å². The summed E-state index contributed by atoms with van der Waals surface area (Å²) in [4.78, 5) is 36.9. The number of hydrazine groups is 3. The summed E-state index contributed by atoms with van der Waals surface area (Å²) in [5.41, 5.74) is 9.55. The van der Waals surface area contributed by atoms with Gasteiger partial charge in [0, 0.05) is 51.3 Å². The molecule has 2 aliphatic rings. The Hall–Kier alpha value is -4.69. The third kappa shape index (κ3) is 4.35. The number of nitrogens with zero attached hydrogens (tertiary/aromatic N) is 7. The first-order chi connectivity index (χ1) is 18.3. The van der Waals surface area contributed by atoms with Gasteiger partial charge in [0.15, 0.2) is 11.6 Å². The number of aromatic amines is 1. The van der Waals surface area contributed by atoms with Crippen molar-refractivity contribution in [2.45, 2.75) is 13.0 Å². The zero-order valence-corrected chi connectivity index (χ0v) is 20.9. The monoisotopic (exact) mass is 521 g/mol. The molecule has 1 saturated heterocycles. The van der Waals surface area contributed by atoms with E-state index < -0.39 is 17.5 Å². The Morgan fingerprint density at radius 3 is 2.71 bits per heavy atom. The lowest BCUT2D eigenvalue weighted by Crippen LogP contribution is -2.60. The molecule has 1 fully saturated rings.